The van der Waals surface area contributed by atoms with Gasteiger partial charge < -0.3 is 14.7 Å². The Bertz CT molecular complexity index is 776. The molecule has 2 aliphatic heterocycles. The van der Waals surface area contributed by atoms with Crippen LogP contribution in [0.5, 0.6) is 0 Å². The molecule has 0 radical (unpaired) electrons. The summed E-state index contributed by atoms with van der Waals surface area (Å²) >= 11 is 0. The van der Waals surface area contributed by atoms with Crippen molar-refractivity contribution in [1.29, 1.82) is 0 Å². The fourth-order valence-electron chi connectivity index (χ4n) is 4.20. The minimum atomic E-state index is -0.00334. The number of hydrogen-bond acceptors (Lipinski definition) is 4. The molecule has 7 nitrogen and oxygen atoms in total. The number of aromatic nitrogens is 1. The zero-order chi connectivity index (χ0) is 21.1. The summed E-state index contributed by atoms with van der Waals surface area (Å²) in [7, 11) is 0. The number of pyridine rings is 1. The smallest absolute Gasteiger partial charge is 0.255 e. The van der Waals surface area contributed by atoms with E-state index in [-0.39, 0.29) is 29.6 Å². The van der Waals surface area contributed by atoms with Gasteiger partial charge >= 0.3 is 0 Å². The molecular formula is C22H32N4O3. The number of piperidine rings is 1. The van der Waals surface area contributed by atoms with E-state index >= 15 is 0 Å². The Morgan fingerprint density at radius 1 is 0.931 bits per heavy atom. The van der Waals surface area contributed by atoms with Gasteiger partial charge in [-0.25, -0.2) is 0 Å². The minimum Gasteiger partial charge on any atom is -0.342 e. The number of nitrogens with zero attached hydrogens (tertiary/aromatic N) is 4. The predicted octanol–water partition coefficient (Wildman–Crippen LogP) is 2.06. The van der Waals surface area contributed by atoms with E-state index in [9.17, 15) is 14.4 Å². The SMILES string of the molecule is CC(=O)N1CCN(C(=O)c2ccc(C)nc2C2CCN(C(=O)C(C)C)CC2)CC1. The van der Waals surface area contributed by atoms with E-state index in [0.29, 0.717) is 44.8 Å². The fourth-order valence-corrected chi connectivity index (χ4v) is 4.20. The number of aryl methyl sites for hydroxylation is 1. The van der Waals surface area contributed by atoms with E-state index in [1.807, 2.05) is 42.7 Å². The van der Waals surface area contributed by atoms with Crippen LogP contribution in [0.15, 0.2) is 12.1 Å². The molecule has 2 saturated heterocycles. The first-order chi connectivity index (χ1) is 13.8. The van der Waals surface area contributed by atoms with Crippen LogP contribution < -0.4 is 0 Å². The van der Waals surface area contributed by atoms with Gasteiger partial charge in [-0.05, 0) is 31.9 Å². The van der Waals surface area contributed by atoms with Crippen LogP contribution in [-0.2, 0) is 9.59 Å². The highest BCUT2D eigenvalue weighted by atomic mass is 16.2. The second-order valence-corrected chi connectivity index (χ2v) is 8.44. The summed E-state index contributed by atoms with van der Waals surface area (Å²) in [4.78, 5) is 47.3. The van der Waals surface area contributed by atoms with Crippen LogP contribution in [0.2, 0.25) is 0 Å². The summed E-state index contributed by atoms with van der Waals surface area (Å²) in [5.41, 5.74) is 2.43. The lowest BCUT2D eigenvalue weighted by Crippen LogP contribution is -2.50. The molecule has 0 atom stereocenters. The van der Waals surface area contributed by atoms with Crippen molar-refractivity contribution in [2.45, 2.75) is 46.5 Å². The van der Waals surface area contributed by atoms with Gasteiger partial charge in [0.25, 0.3) is 5.91 Å². The van der Waals surface area contributed by atoms with Crippen molar-refractivity contribution in [1.82, 2.24) is 19.7 Å². The summed E-state index contributed by atoms with van der Waals surface area (Å²) in [6.07, 6.45) is 1.65. The first-order valence-electron chi connectivity index (χ1n) is 10.6. The Kier molecular flexibility index (Phi) is 6.55. The lowest BCUT2D eigenvalue weighted by Gasteiger charge is -2.36. The van der Waals surface area contributed by atoms with Gasteiger partial charge in [0.2, 0.25) is 11.8 Å². The molecule has 1 aromatic heterocycles. The number of carbonyl (C=O) groups excluding carboxylic acids is 3. The summed E-state index contributed by atoms with van der Waals surface area (Å²) in [5, 5.41) is 0. The monoisotopic (exact) mass is 400 g/mol. The predicted molar refractivity (Wildman–Crippen MR) is 111 cm³/mol. The van der Waals surface area contributed by atoms with Gasteiger partial charge in [-0.2, -0.15) is 0 Å². The zero-order valence-corrected chi connectivity index (χ0v) is 18.0. The van der Waals surface area contributed by atoms with Crippen LogP contribution in [-0.4, -0.2) is 76.7 Å². The molecule has 2 fully saturated rings. The molecular weight excluding hydrogens is 368 g/mol. The highest BCUT2D eigenvalue weighted by molar-refractivity contribution is 5.95. The van der Waals surface area contributed by atoms with Crippen molar-refractivity contribution < 1.29 is 14.4 Å². The third-order valence-electron chi connectivity index (χ3n) is 5.99. The second kappa shape index (κ2) is 8.93. The van der Waals surface area contributed by atoms with Gasteiger partial charge in [0.05, 0.1) is 11.3 Å². The normalized spacial score (nSPS) is 18.3. The number of piperazine rings is 1. The summed E-state index contributed by atoms with van der Waals surface area (Å²) in [6, 6.07) is 3.78. The Balaban J connectivity index is 1.73. The van der Waals surface area contributed by atoms with Gasteiger partial charge in [0.1, 0.15) is 0 Å². The summed E-state index contributed by atoms with van der Waals surface area (Å²) in [6.45, 7) is 11.0. The number of amides is 3. The highest BCUT2D eigenvalue weighted by Crippen LogP contribution is 2.30. The average Bonchev–Trinajstić information content (AvgIpc) is 2.72. The molecule has 3 rings (SSSR count). The third-order valence-corrected chi connectivity index (χ3v) is 5.99. The largest absolute Gasteiger partial charge is 0.342 e. The van der Waals surface area contributed by atoms with Gasteiger partial charge in [-0.15, -0.1) is 0 Å². The Hall–Kier alpha value is -2.44. The van der Waals surface area contributed by atoms with Crippen molar-refractivity contribution in [2.75, 3.05) is 39.3 Å². The van der Waals surface area contributed by atoms with Crippen LogP contribution in [0.3, 0.4) is 0 Å². The molecule has 3 amide bonds. The number of rotatable bonds is 3. The maximum absolute atomic E-state index is 13.2. The molecule has 0 spiro atoms. The standard InChI is InChI=1S/C22H32N4O3/c1-15(2)21(28)25-9-7-18(8-10-25)20-19(6-5-16(3)23-20)22(29)26-13-11-24(12-14-26)17(4)27/h5-6,15,18H,7-14H2,1-4H3. The van der Waals surface area contributed by atoms with Crippen LogP contribution in [0.4, 0.5) is 0 Å². The lowest BCUT2D eigenvalue weighted by molar-refractivity contribution is -0.135. The van der Waals surface area contributed by atoms with Crippen LogP contribution >= 0.6 is 0 Å². The molecule has 0 bridgehead atoms. The van der Waals surface area contributed by atoms with Crippen molar-refractivity contribution in [3.8, 4) is 0 Å². The van der Waals surface area contributed by atoms with Crippen molar-refractivity contribution in [3.63, 3.8) is 0 Å². The molecule has 0 unspecified atom stereocenters. The fraction of sp³-hybridized carbons (Fsp3) is 0.636. The van der Waals surface area contributed by atoms with Crippen LogP contribution in [0.25, 0.3) is 0 Å². The van der Waals surface area contributed by atoms with Gasteiger partial charge in [-0.3, -0.25) is 19.4 Å². The number of carbonyl (C=O) groups is 3. The van der Waals surface area contributed by atoms with Crippen molar-refractivity contribution in [3.05, 3.63) is 29.1 Å². The number of hydrogen-bond donors (Lipinski definition) is 0. The van der Waals surface area contributed by atoms with Gasteiger partial charge in [0, 0.05) is 63.7 Å². The summed E-state index contributed by atoms with van der Waals surface area (Å²) in [5.74, 6) is 0.437. The minimum absolute atomic E-state index is 0.00334. The Morgan fingerprint density at radius 3 is 2.07 bits per heavy atom. The average molecular weight is 401 g/mol. The molecule has 3 heterocycles. The topological polar surface area (TPSA) is 73.8 Å². The second-order valence-electron chi connectivity index (χ2n) is 8.44. The molecule has 2 aliphatic rings. The maximum atomic E-state index is 13.2. The molecule has 0 N–H and O–H groups in total. The molecule has 7 heteroatoms. The van der Waals surface area contributed by atoms with E-state index in [1.54, 1.807) is 11.8 Å². The van der Waals surface area contributed by atoms with Crippen molar-refractivity contribution >= 4 is 17.7 Å². The zero-order valence-electron chi connectivity index (χ0n) is 18.0. The number of likely N-dealkylation sites (tertiary alicyclic amines) is 1. The Labute approximate surface area is 173 Å². The molecule has 1 aromatic rings. The van der Waals surface area contributed by atoms with E-state index in [1.165, 1.54) is 0 Å². The molecule has 29 heavy (non-hydrogen) atoms. The first-order valence-corrected chi connectivity index (χ1v) is 10.6. The van der Waals surface area contributed by atoms with E-state index in [4.69, 9.17) is 4.98 Å². The van der Waals surface area contributed by atoms with Gasteiger partial charge in [-0.1, -0.05) is 13.8 Å². The highest BCUT2D eigenvalue weighted by Gasteiger charge is 2.31. The molecule has 0 saturated carbocycles. The van der Waals surface area contributed by atoms with Crippen LogP contribution in [0.1, 0.15) is 61.3 Å². The maximum Gasteiger partial charge on any atom is 0.255 e. The van der Waals surface area contributed by atoms with E-state index in [2.05, 4.69) is 0 Å². The molecule has 0 aliphatic carbocycles. The van der Waals surface area contributed by atoms with E-state index < -0.39 is 0 Å². The third kappa shape index (κ3) is 4.77. The Morgan fingerprint density at radius 2 is 1.52 bits per heavy atom. The lowest BCUT2D eigenvalue weighted by atomic mass is 9.89. The van der Waals surface area contributed by atoms with Gasteiger partial charge in [0.15, 0.2) is 0 Å². The molecule has 0 aromatic carbocycles. The molecule has 158 valence electrons. The van der Waals surface area contributed by atoms with Crippen LogP contribution in [0, 0.1) is 12.8 Å². The van der Waals surface area contributed by atoms with Crippen molar-refractivity contribution in [2.24, 2.45) is 5.92 Å². The quantitative estimate of drug-likeness (QED) is 0.778. The first kappa shape index (κ1) is 21.3. The summed E-state index contributed by atoms with van der Waals surface area (Å²) < 4.78 is 0. The van der Waals surface area contributed by atoms with E-state index in [0.717, 1.165) is 24.2 Å².